The van der Waals surface area contributed by atoms with Crippen molar-refractivity contribution in [1.82, 2.24) is 9.62 Å². The molecule has 0 radical (unpaired) electrons. The SMILES string of the molecule is CC1CN(CC2(C)CCCNC2)S(=O)(=O)C1. The third-order valence-electron chi connectivity index (χ3n) is 3.65. The fraction of sp³-hybridized carbons (Fsp3) is 1.00. The topological polar surface area (TPSA) is 49.4 Å². The fourth-order valence-electron chi connectivity index (χ4n) is 2.82. The highest BCUT2D eigenvalue weighted by molar-refractivity contribution is 7.89. The molecule has 0 aromatic heterocycles. The third kappa shape index (κ3) is 2.57. The second-order valence-corrected chi connectivity index (χ2v) is 7.78. The summed E-state index contributed by atoms with van der Waals surface area (Å²) in [4.78, 5) is 0. The van der Waals surface area contributed by atoms with Gasteiger partial charge in [-0.25, -0.2) is 12.7 Å². The van der Waals surface area contributed by atoms with Gasteiger partial charge < -0.3 is 5.32 Å². The first-order valence-electron chi connectivity index (χ1n) is 6.10. The molecule has 2 saturated heterocycles. The predicted molar refractivity (Wildman–Crippen MR) is 64.7 cm³/mol. The highest BCUT2D eigenvalue weighted by atomic mass is 32.2. The summed E-state index contributed by atoms with van der Waals surface area (Å²) in [6, 6.07) is 0. The zero-order valence-electron chi connectivity index (χ0n) is 10.2. The second kappa shape index (κ2) is 4.27. The standard InChI is InChI=1S/C11H22N2O2S/c1-10-6-13(16(14,15)7-10)9-11(2)4-3-5-12-8-11/h10,12H,3-9H2,1-2H3. The number of nitrogens with zero attached hydrogens (tertiary/aromatic N) is 1. The van der Waals surface area contributed by atoms with Gasteiger partial charge >= 0.3 is 0 Å². The van der Waals surface area contributed by atoms with E-state index in [-0.39, 0.29) is 11.3 Å². The summed E-state index contributed by atoms with van der Waals surface area (Å²) in [6.07, 6.45) is 2.28. The van der Waals surface area contributed by atoms with Gasteiger partial charge in [-0.1, -0.05) is 13.8 Å². The van der Waals surface area contributed by atoms with Crippen LogP contribution in [0.2, 0.25) is 0 Å². The van der Waals surface area contributed by atoms with E-state index < -0.39 is 10.0 Å². The van der Waals surface area contributed by atoms with Gasteiger partial charge in [-0.05, 0) is 30.7 Å². The quantitative estimate of drug-likeness (QED) is 0.778. The van der Waals surface area contributed by atoms with Crippen LogP contribution in [0.15, 0.2) is 0 Å². The van der Waals surface area contributed by atoms with Crippen molar-refractivity contribution >= 4 is 10.0 Å². The maximum Gasteiger partial charge on any atom is 0.214 e. The van der Waals surface area contributed by atoms with Crippen molar-refractivity contribution in [2.75, 3.05) is 31.9 Å². The Hall–Kier alpha value is -0.130. The molecule has 2 aliphatic heterocycles. The Morgan fingerprint density at radius 1 is 1.50 bits per heavy atom. The molecule has 0 saturated carbocycles. The number of rotatable bonds is 2. The van der Waals surface area contributed by atoms with Gasteiger partial charge in [0.2, 0.25) is 10.0 Å². The number of hydrogen-bond acceptors (Lipinski definition) is 3. The number of hydrogen-bond donors (Lipinski definition) is 1. The fourth-order valence-corrected chi connectivity index (χ4v) is 4.85. The van der Waals surface area contributed by atoms with Crippen LogP contribution >= 0.6 is 0 Å². The summed E-state index contributed by atoms with van der Waals surface area (Å²) < 4.78 is 25.5. The first-order valence-corrected chi connectivity index (χ1v) is 7.71. The molecule has 0 aliphatic carbocycles. The zero-order valence-corrected chi connectivity index (χ0v) is 11.0. The molecule has 4 nitrogen and oxygen atoms in total. The molecule has 0 spiro atoms. The van der Waals surface area contributed by atoms with E-state index in [4.69, 9.17) is 0 Å². The van der Waals surface area contributed by atoms with E-state index in [1.54, 1.807) is 4.31 Å². The summed E-state index contributed by atoms with van der Waals surface area (Å²) in [5.41, 5.74) is 0.120. The smallest absolute Gasteiger partial charge is 0.214 e. The molecule has 2 atom stereocenters. The largest absolute Gasteiger partial charge is 0.316 e. The summed E-state index contributed by atoms with van der Waals surface area (Å²) in [7, 11) is -2.97. The van der Waals surface area contributed by atoms with Crippen LogP contribution in [0.1, 0.15) is 26.7 Å². The van der Waals surface area contributed by atoms with E-state index in [0.29, 0.717) is 18.8 Å². The van der Waals surface area contributed by atoms with E-state index in [1.165, 1.54) is 0 Å². The van der Waals surface area contributed by atoms with E-state index >= 15 is 0 Å². The van der Waals surface area contributed by atoms with Crippen molar-refractivity contribution < 1.29 is 8.42 Å². The summed E-state index contributed by atoms with van der Waals surface area (Å²) in [6.45, 7) is 7.60. The van der Waals surface area contributed by atoms with Gasteiger partial charge in [-0.3, -0.25) is 0 Å². The van der Waals surface area contributed by atoms with E-state index in [2.05, 4.69) is 12.2 Å². The van der Waals surface area contributed by atoms with Gasteiger partial charge in [0.15, 0.2) is 0 Å². The van der Waals surface area contributed by atoms with Crippen LogP contribution in [0.25, 0.3) is 0 Å². The third-order valence-corrected chi connectivity index (χ3v) is 5.70. The Bertz CT molecular complexity index is 347. The molecule has 2 unspecified atom stereocenters. The molecule has 0 aromatic rings. The van der Waals surface area contributed by atoms with Crippen LogP contribution in [0.5, 0.6) is 0 Å². The predicted octanol–water partition coefficient (Wildman–Crippen LogP) is 0.658. The molecule has 5 heteroatoms. The van der Waals surface area contributed by atoms with Crippen molar-refractivity contribution in [3.05, 3.63) is 0 Å². The highest BCUT2D eigenvalue weighted by Gasteiger charge is 2.38. The average Bonchev–Trinajstić information content (AvgIpc) is 2.39. The molecule has 2 aliphatic rings. The first kappa shape index (κ1) is 12.3. The van der Waals surface area contributed by atoms with E-state index in [9.17, 15) is 8.42 Å². The Kier molecular flexibility index (Phi) is 3.29. The molecule has 0 bridgehead atoms. The molecule has 0 amide bonds. The Labute approximate surface area is 98.4 Å². The average molecular weight is 246 g/mol. The minimum atomic E-state index is -2.97. The maximum absolute atomic E-state index is 11.9. The molecule has 2 heterocycles. The van der Waals surface area contributed by atoms with Crippen LogP contribution in [0.4, 0.5) is 0 Å². The molecule has 94 valence electrons. The summed E-state index contributed by atoms with van der Waals surface area (Å²) in [5.74, 6) is 0.612. The van der Waals surface area contributed by atoms with Crippen molar-refractivity contribution in [3.8, 4) is 0 Å². The van der Waals surface area contributed by atoms with Crippen molar-refractivity contribution in [2.45, 2.75) is 26.7 Å². The van der Waals surface area contributed by atoms with Crippen LogP contribution in [0.3, 0.4) is 0 Å². The summed E-state index contributed by atoms with van der Waals surface area (Å²) in [5, 5.41) is 3.37. The van der Waals surface area contributed by atoms with Crippen molar-refractivity contribution in [2.24, 2.45) is 11.3 Å². The lowest BCUT2D eigenvalue weighted by Crippen LogP contribution is -2.46. The van der Waals surface area contributed by atoms with E-state index in [0.717, 1.165) is 25.9 Å². The number of piperidine rings is 1. The number of nitrogens with one attached hydrogen (secondary N) is 1. The monoisotopic (exact) mass is 246 g/mol. The van der Waals surface area contributed by atoms with Crippen LogP contribution < -0.4 is 5.32 Å². The lowest BCUT2D eigenvalue weighted by Gasteiger charge is -2.36. The highest BCUT2D eigenvalue weighted by Crippen LogP contribution is 2.30. The second-order valence-electron chi connectivity index (χ2n) is 5.77. The van der Waals surface area contributed by atoms with Gasteiger partial charge in [0, 0.05) is 19.6 Å². The maximum atomic E-state index is 11.9. The van der Waals surface area contributed by atoms with Gasteiger partial charge in [0.1, 0.15) is 0 Å². The zero-order chi connectivity index (χ0) is 11.8. The van der Waals surface area contributed by atoms with Crippen molar-refractivity contribution in [1.29, 1.82) is 0 Å². The van der Waals surface area contributed by atoms with Crippen LogP contribution in [0, 0.1) is 11.3 Å². The molecular formula is C11H22N2O2S. The molecule has 16 heavy (non-hydrogen) atoms. The molecule has 1 N–H and O–H groups in total. The van der Waals surface area contributed by atoms with Crippen LogP contribution in [-0.4, -0.2) is 44.7 Å². The Morgan fingerprint density at radius 2 is 2.25 bits per heavy atom. The van der Waals surface area contributed by atoms with Gasteiger partial charge in [-0.15, -0.1) is 0 Å². The first-order chi connectivity index (χ1) is 7.41. The van der Waals surface area contributed by atoms with Crippen LogP contribution in [-0.2, 0) is 10.0 Å². The van der Waals surface area contributed by atoms with Gasteiger partial charge in [0.05, 0.1) is 5.75 Å². The van der Waals surface area contributed by atoms with Gasteiger partial charge in [0.25, 0.3) is 0 Å². The van der Waals surface area contributed by atoms with E-state index in [1.807, 2.05) is 6.92 Å². The van der Waals surface area contributed by atoms with Gasteiger partial charge in [-0.2, -0.15) is 0 Å². The molecule has 2 fully saturated rings. The Balaban J connectivity index is 2.04. The minimum Gasteiger partial charge on any atom is -0.316 e. The summed E-state index contributed by atoms with van der Waals surface area (Å²) >= 11 is 0. The normalized spacial score (nSPS) is 40.0. The minimum absolute atomic E-state index is 0.120. The van der Waals surface area contributed by atoms with Crippen molar-refractivity contribution in [3.63, 3.8) is 0 Å². The lowest BCUT2D eigenvalue weighted by molar-refractivity contribution is 0.185. The lowest BCUT2D eigenvalue weighted by atomic mass is 9.83. The number of sulfonamides is 1. The Morgan fingerprint density at radius 3 is 2.75 bits per heavy atom. The molecule has 2 rings (SSSR count). The molecule has 0 aromatic carbocycles. The molecular weight excluding hydrogens is 224 g/mol.